The highest BCUT2D eigenvalue weighted by Gasteiger charge is 2.19. The Labute approximate surface area is 129 Å². The van der Waals surface area contributed by atoms with Crippen molar-refractivity contribution in [2.24, 2.45) is 0 Å². The number of halogens is 1. The molecule has 1 unspecified atom stereocenters. The van der Waals surface area contributed by atoms with Crippen LogP contribution >= 0.6 is 15.9 Å². The average molecular weight is 346 g/mol. The van der Waals surface area contributed by atoms with Crippen molar-refractivity contribution in [2.75, 3.05) is 13.2 Å². The molecule has 0 amide bonds. The standard InChI is InChI=1S/C14H24BrN3O2/c1-5-8-16-12(14(19)20-6-2)7-9-18-11(4)13(15)10(3)17-18/h12,16H,5-9H2,1-4H3. The summed E-state index contributed by atoms with van der Waals surface area (Å²) in [7, 11) is 0. The number of hydrogen-bond acceptors (Lipinski definition) is 4. The third-order valence-electron chi connectivity index (χ3n) is 3.13. The van der Waals surface area contributed by atoms with Crippen LogP contribution in [0.4, 0.5) is 0 Å². The number of nitrogens with zero attached hydrogens (tertiary/aromatic N) is 2. The fraction of sp³-hybridized carbons (Fsp3) is 0.714. The Morgan fingerprint density at radius 2 is 2.15 bits per heavy atom. The average Bonchev–Trinajstić information content (AvgIpc) is 2.66. The number of aromatic nitrogens is 2. The van der Waals surface area contributed by atoms with E-state index in [1.807, 2.05) is 25.5 Å². The molecule has 5 nitrogen and oxygen atoms in total. The summed E-state index contributed by atoms with van der Waals surface area (Å²) in [5.41, 5.74) is 2.05. The highest BCUT2D eigenvalue weighted by Crippen LogP contribution is 2.20. The summed E-state index contributed by atoms with van der Waals surface area (Å²) in [5.74, 6) is -0.179. The van der Waals surface area contributed by atoms with Gasteiger partial charge in [0.25, 0.3) is 0 Å². The van der Waals surface area contributed by atoms with Gasteiger partial charge in [0, 0.05) is 12.2 Å². The molecule has 0 aliphatic carbocycles. The van der Waals surface area contributed by atoms with Gasteiger partial charge in [-0.3, -0.25) is 9.48 Å². The van der Waals surface area contributed by atoms with E-state index < -0.39 is 0 Å². The maximum atomic E-state index is 11.9. The van der Waals surface area contributed by atoms with E-state index in [1.165, 1.54) is 0 Å². The van der Waals surface area contributed by atoms with Crippen LogP contribution in [-0.2, 0) is 16.1 Å². The lowest BCUT2D eigenvalue weighted by Crippen LogP contribution is -2.39. The van der Waals surface area contributed by atoms with E-state index in [4.69, 9.17) is 4.74 Å². The van der Waals surface area contributed by atoms with Crippen LogP contribution in [0.5, 0.6) is 0 Å². The van der Waals surface area contributed by atoms with Gasteiger partial charge in [-0.05, 0) is 56.1 Å². The molecule has 0 radical (unpaired) electrons. The van der Waals surface area contributed by atoms with Crippen molar-refractivity contribution in [1.82, 2.24) is 15.1 Å². The van der Waals surface area contributed by atoms with Crippen molar-refractivity contribution in [3.63, 3.8) is 0 Å². The molecule has 0 saturated carbocycles. The third kappa shape index (κ3) is 4.59. The second-order valence-electron chi connectivity index (χ2n) is 4.76. The van der Waals surface area contributed by atoms with E-state index in [2.05, 4.69) is 33.3 Å². The summed E-state index contributed by atoms with van der Waals surface area (Å²) in [6.45, 7) is 9.80. The first-order valence-corrected chi connectivity index (χ1v) is 7.90. The van der Waals surface area contributed by atoms with Crippen molar-refractivity contribution >= 4 is 21.9 Å². The molecule has 1 aromatic heterocycles. The van der Waals surface area contributed by atoms with E-state index in [0.29, 0.717) is 19.6 Å². The van der Waals surface area contributed by atoms with Gasteiger partial charge in [-0.15, -0.1) is 0 Å². The molecule has 20 heavy (non-hydrogen) atoms. The normalized spacial score (nSPS) is 12.4. The van der Waals surface area contributed by atoms with Crippen molar-refractivity contribution in [2.45, 2.75) is 53.1 Å². The fourth-order valence-electron chi connectivity index (χ4n) is 2.01. The van der Waals surface area contributed by atoms with Crippen LogP contribution in [0.25, 0.3) is 0 Å². The summed E-state index contributed by atoms with van der Waals surface area (Å²) in [5, 5.41) is 7.69. The van der Waals surface area contributed by atoms with E-state index in [-0.39, 0.29) is 12.0 Å². The fourth-order valence-corrected chi connectivity index (χ4v) is 2.29. The van der Waals surface area contributed by atoms with Gasteiger partial charge >= 0.3 is 5.97 Å². The number of carbonyl (C=O) groups is 1. The first-order chi connectivity index (χ1) is 9.51. The van der Waals surface area contributed by atoms with Crippen LogP contribution in [0.15, 0.2) is 4.47 Å². The molecular weight excluding hydrogens is 322 g/mol. The molecular formula is C14H24BrN3O2. The Morgan fingerprint density at radius 1 is 1.45 bits per heavy atom. The molecule has 0 saturated heterocycles. The van der Waals surface area contributed by atoms with Crippen LogP contribution in [0.1, 0.15) is 38.1 Å². The number of esters is 1. The Bertz CT molecular complexity index is 446. The lowest BCUT2D eigenvalue weighted by Gasteiger charge is -2.17. The zero-order valence-corrected chi connectivity index (χ0v) is 14.3. The highest BCUT2D eigenvalue weighted by molar-refractivity contribution is 9.10. The first kappa shape index (κ1) is 17.2. The van der Waals surface area contributed by atoms with Gasteiger partial charge in [-0.25, -0.2) is 0 Å². The molecule has 0 fully saturated rings. The van der Waals surface area contributed by atoms with Gasteiger partial charge in [0.2, 0.25) is 0 Å². The Balaban J connectivity index is 2.65. The molecule has 1 N–H and O–H groups in total. The predicted molar refractivity (Wildman–Crippen MR) is 82.7 cm³/mol. The van der Waals surface area contributed by atoms with Gasteiger partial charge in [0.1, 0.15) is 6.04 Å². The minimum atomic E-state index is -0.266. The monoisotopic (exact) mass is 345 g/mol. The smallest absolute Gasteiger partial charge is 0.323 e. The van der Waals surface area contributed by atoms with Crippen molar-refractivity contribution in [3.8, 4) is 0 Å². The maximum absolute atomic E-state index is 11.9. The molecule has 1 atom stereocenters. The van der Waals surface area contributed by atoms with Gasteiger partial charge in [0.15, 0.2) is 0 Å². The molecule has 1 heterocycles. The first-order valence-electron chi connectivity index (χ1n) is 7.10. The Kier molecular flexibility index (Phi) is 7.23. The molecule has 114 valence electrons. The number of hydrogen-bond donors (Lipinski definition) is 1. The topological polar surface area (TPSA) is 56.2 Å². The van der Waals surface area contributed by atoms with Crippen molar-refractivity contribution in [3.05, 3.63) is 15.9 Å². The summed E-state index contributed by atoms with van der Waals surface area (Å²) in [6.07, 6.45) is 1.66. The second kappa shape index (κ2) is 8.42. The van der Waals surface area contributed by atoms with Crippen LogP contribution < -0.4 is 5.32 Å². The number of rotatable bonds is 8. The summed E-state index contributed by atoms with van der Waals surface area (Å²) in [6, 6.07) is -0.266. The predicted octanol–water partition coefficient (Wildman–Crippen LogP) is 2.58. The zero-order chi connectivity index (χ0) is 15.1. The third-order valence-corrected chi connectivity index (χ3v) is 4.28. The number of aryl methyl sites for hydroxylation is 2. The molecule has 0 spiro atoms. The molecule has 0 aliphatic heterocycles. The molecule has 0 bridgehead atoms. The number of ether oxygens (including phenoxy) is 1. The summed E-state index contributed by atoms with van der Waals surface area (Å²) < 4.78 is 8.07. The summed E-state index contributed by atoms with van der Waals surface area (Å²) >= 11 is 3.51. The molecule has 1 aromatic rings. The second-order valence-corrected chi connectivity index (χ2v) is 5.55. The van der Waals surface area contributed by atoms with E-state index in [9.17, 15) is 4.79 Å². The van der Waals surface area contributed by atoms with Gasteiger partial charge in [-0.1, -0.05) is 6.92 Å². The minimum Gasteiger partial charge on any atom is -0.465 e. The van der Waals surface area contributed by atoms with Gasteiger partial charge in [-0.2, -0.15) is 5.10 Å². The molecule has 0 aromatic carbocycles. The minimum absolute atomic E-state index is 0.179. The Morgan fingerprint density at radius 3 is 2.65 bits per heavy atom. The molecule has 1 rings (SSSR count). The molecule has 6 heteroatoms. The van der Waals surface area contributed by atoms with Crippen LogP contribution in [0.2, 0.25) is 0 Å². The van der Waals surface area contributed by atoms with Crippen LogP contribution in [0.3, 0.4) is 0 Å². The number of nitrogens with one attached hydrogen (secondary N) is 1. The number of carbonyl (C=O) groups excluding carboxylic acids is 1. The zero-order valence-electron chi connectivity index (χ0n) is 12.7. The van der Waals surface area contributed by atoms with Crippen LogP contribution in [0, 0.1) is 13.8 Å². The molecule has 0 aliphatic rings. The van der Waals surface area contributed by atoms with Crippen molar-refractivity contribution < 1.29 is 9.53 Å². The van der Waals surface area contributed by atoms with Gasteiger partial charge < -0.3 is 10.1 Å². The van der Waals surface area contributed by atoms with Gasteiger partial charge in [0.05, 0.1) is 16.8 Å². The SMILES string of the molecule is CCCNC(CCn1nc(C)c(Br)c1C)C(=O)OCC. The quantitative estimate of drug-likeness (QED) is 0.735. The summed E-state index contributed by atoms with van der Waals surface area (Å²) in [4.78, 5) is 11.9. The van der Waals surface area contributed by atoms with Crippen LogP contribution in [-0.4, -0.2) is 34.9 Å². The van der Waals surface area contributed by atoms with E-state index >= 15 is 0 Å². The van der Waals surface area contributed by atoms with Crippen molar-refractivity contribution in [1.29, 1.82) is 0 Å². The highest BCUT2D eigenvalue weighted by atomic mass is 79.9. The van der Waals surface area contributed by atoms with E-state index in [0.717, 1.165) is 28.8 Å². The largest absolute Gasteiger partial charge is 0.465 e. The lowest BCUT2D eigenvalue weighted by molar-refractivity contribution is -0.145. The lowest BCUT2D eigenvalue weighted by atomic mass is 10.2. The Hall–Kier alpha value is -0.880. The van der Waals surface area contributed by atoms with E-state index in [1.54, 1.807) is 0 Å². The maximum Gasteiger partial charge on any atom is 0.323 e.